The van der Waals surface area contributed by atoms with Gasteiger partial charge in [-0.25, -0.2) is 4.79 Å². The molecule has 0 aromatic rings. The van der Waals surface area contributed by atoms with Crippen LogP contribution in [0.25, 0.3) is 0 Å². The van der Waals surface area contributed by atoms with Crippen LogP contribution >= 0.6 is 0 Å². The predicted octanol–water partition coefficient (Wildman–Crippen LogP) is 0.00600. The van der Waals surface area contributed by atoms with Crippen LogP contribution in [0.3, 0.4) is 0 Å². The zero-order valence-electron chi connectivity index (χ0n) is 5.76. The van der Waals surface area contributed by atoms with E-state index in [4.69, 9.17) is 5.11 Å². The first kappa shape index (κ1) is 7.34. The third-order valence-corrected chi connectivity index (χ3v) is 1.41. The first-order valence-electron chi connectivity index (χ1n) is 3.49. The van der Waals surface area contributed by atoms with Crippen LogP contribution < -0.4 is 10.6 Å². The maximum Gasteiger partial charge on any atom is 0.404 e. The molecule has 0 aliphatic heterocycles. The van der Waals surface area contributed by atoms with Crippen molar-refractivity contribution < 1.29 is 9.90 Å². The Balaban J connectivity index is 1.80. The summed E-state index contributed by atoms with van der Waals surface area (Å²) in [5.74, 6) is 0. The van der Waals surface area contributed by atoms with Crippen LogP contribution in [0.1, 0.15) is 12.8 Å². The van der Waals surface area contributed by atoms with Gasteiger partial charge in [-0.2, -0.15) is 0 Å². The van der Waals surface area contributed by atoms with Gasteiger partial charge in [-0.05, 0) is 12.8 Å². The summed E-state index contributed by atoms with van der Waals surface area (Å²) >= 11 is 0. The van der Waals surface area contributed by atoms with Crippen LogP contribution in [-0.4, -0.2) is 30.3 Å². The van der Waals surface area contributed by atoms with E-state index in [1.165, 1.54) is 12.8 Å². The number of amides is 1. The van der Waals surface area contributed by atoms with E-state index in [1.807, 2.05) is 0 Å². The Hall–Kier alpha value is -0.770. The normalized spacial score (nSPS) is 16.8. The molecule has 1 rings (SSSR count). The lowest BCUT2D eigenvalue weighted by Crippen LogP contribution is -2.31. The standard InChI is InChI=1S/C6H12N2O2/c9-6(10)8-4-3-7-5-1-2-5/h5,7-8H,1-4H2,(H,9,10). The highest BCUT2D eigenvalue weighted by Gasteiger charge is 2.19. The zero-order chi connectivity index (χ0) is 7.40. The van der Waals surface area contributed by atoms with Crippen molar-refractivity contribution in [3.8, 4) is 0 Å². The van der Waals surface area contributed by atoms with Gasteiger partial charge in [-0.15, -0.1) is 0 Å². The number of carboxylic acid groups (broad SMARTS) is 1. The fourth-order valence-corrected chi connectivity index (χ4v) is 0.733. The number of nitrogens with one attached hydrogen (secondary N) is 2. The second kappa shape index (κ2) is 3.41. The highest BCUT2D eigenvalue weighted by molar-refractivity contribution is 5.64. The second-order valence-electron chi connectivity index (χ2n) is 2.46. The Kier molecular flexibility index (Phi) is 2.50. The summed E-state index contributed by atoms with van der Waals surface area (Å²) in [5.41, 5.74) is 0. The largest absolute Gasteiger partial charge is 0.465 e. The molecule has 0 heterocycles. The highest BCUT2D eigenvalue weighted by Crippen LogP contribution is 2.17. The molecule has 58 valence electrons. The molecule has 1 aliphatic rings. The predicted molar refractivity (Wildman–Crippen MR) is 37.1 cm³/mol. The molecule has 0 aromatic heterocycles. The first-order chi connectivity index (χ1) is 4.79. The molecule has 0 radical (unpaired) electrons. The monoisotopic (exact) mass is 144 g/mol. The fourth-order valence-electron chi connectivity index (χ4n) is 0.733. The van der Waals surface area contributed by atoms with Gasteiger partial charge in [0.25, 0.3) is 0 Å². The lowest BCUT2D eigenvalue weighted by Gasteiger charge is -2.00. The summed E-state index contributed by atoms with van der Waals surface area (Å²) in [4.78, 5) is 9.92. The van der Waals surface area contributed by atoms with Gasteiger partial charge in [0.05, 0.1) is 0 Å². The van der Waals surface area contributed by atoms with E-state index in [0.717, 1.165) is 6.54 Å². The van der Waals surface area contributed by atoms with Crippen LogP contribution in [0.5, 0.6) is 0 Å². The van der Waals surface area contributed by atoms with Gasteiger partial charge in [-0.3, -0.25) is 0 Å². The maximum absolute atomic E-state index is 9.92. The molecule has 3 N–H and O–H groups in total. The Morgan fingerprint density at radius 3 is 2.70 bits per heavy atom. The Morgan fingerprint density at radius 2 is 2.20 bits per heavy atom. The van der Waals surface area contributed by atoms with Crippen LogP contribution in [-0.2, 0) is 0 Å². The third kappa shape index (κ3) is 3.29. The van der Waals surface area contributed by atoms with E-state index in [0.29, 0.717) is 12.6 Å². The van der Waals surface area contributed by atoms with Crippen LogP contribution in [0.4, 0.5) is 4.79 Å². The topological polar surface area (TPSA) is 61.4 Å². The molecule has 0 spiro atoms. The van der Waals surface area contributed by atoms with Crippen molar-refractivity contribution in [1.82, 2.24) is 10.6 Å². The number of carbonyl (C=O) groups is 1. The van der Waals surface area contributed by atoms with Gasteiger partial charge in [-0.1, -0.05) is 0 Å². The van der Waals surface area contributed by atoms with Gasteiger partial charge < -0.3 is 15.7 Å². The van der Waals surface area contributed by atoms with Gasteiger partial charge >= 0.3 is 6.09 Å². The van der Waals surface area contributed by atoms with E-state index in [-0.39, 0.29) is 0 Å². The molecule has 1 aliphatic carbocycles. The summed E-state index contributed by atoms with van der Waals surface area (Å²) in [7, 11) is 0. The van der Waals surface area contributed by atoms with Crippen molar-refractivity contribution in [3.05, 3.63) is 0 Å². The highest BCUT2D eigenvalue weighted by atomic mass is 16.4. The molecule has 1 saturated carbocycles. The van der Waals surface area contributed by atoms with E-state index in [1.54, 1.807) is 0 Å². The number of rotatable bonds is 4. The van der Waals surface area contributed by atoms with Gasteiger partial charge in [0.1, 0.15) is 0 Å². The fraction of sp³-hybridized carbons (Fsp3) is 0.833. The maximum atomic E-state index is 9.92. The van der Waals surface area contributed by atoms with E-state index < -0.39 is 6.09 Å². The minimum Gasteiger partial charge on any atom is -0.465 e. The van der Waals surface area contributed by atoms with E-state index >= 15 is 0 Å². The number of hydrogen-bond donors (Lipinski definition) is 3. The quantitative estimate of drug-likeness (QED) is 0.487. The molecular formula is C6H12N2O2. The summed E-state index contributed by atoms with van der Waals surface area (Å²) in [6.07, 6.45) is 1.54. The second-order valence-corrected chi connectivity index (χ2v) is 2.46. The Morgan fingerprint density at radius 1 is 1.50 bits per heavy atom. The minimum absolute atomic E-state index is 0.506. The van der Waals surface area contributed by atoms with Gasteiger partial charge in [0, 0.05) is 19.1 Å². The lowest BCUT2D eigenvalue weighted by atomic mass is 10.6. The number of hydrogen-bond acceptors (Lipinski definition) is 2. The van der Waals surface area contributed by atoms with E-state index in [9.17, 15) is 4.79 Å². The van der Waals surface area contributed by atoms with Crippen LogP contribution in [0, 0.1) is 0 Å². The Labute approximate surface area is 59.6 Å². The van der Waals surface area contributed by atoms with Crippen molar-refractivity contribution in [3.63, 3.8) is 0 Å². The molecule has 4 nitrogen and oxygen atoms in total. The van der Waals surface area contributed by atoms with Crippen molar-refractivity contribution in [2.24, 2.45) is 0 Å². The van der Waals surface area contributed by atoms with Crippen molar-refractivity contribution in [2.75, 3.05) is 13.1 Å². The van der Waals surface area contributed by atoms with Gasteiger partial charge in [0.15, 0.2) is 0 Å². The molecule has 0 aromatic carbocycles. The summed E-state index contributed by atoms with van der Waals surface area (Å²) in [5, 5.41) is 13.6. The minimum atomic E-state index is -0.947. The van der Waals surface area contributed by atoms with Crippen LogP contribution in [0.2, 0.25) is 0 Å². The average molecular weight is 144 g/mol. The first-order valence-corrected chi connectivity index (χ1v) is 3.49. The molecule has 0 unspecified atom stereocenters. The van der Waals surface area contributed by atoms with Crippen molar-refractivity contribution in [2.45, 2.75) is 18.9 Å². The Bertz CT molecular complexity index is 123. The molecule has 1 amide bonds. The molecule has 1 fully saturated rings. The molecule has 0 saturated heterocycles. The SMILES string of the molecule is O=C(O)NCCNC1CC1. The molecule has 10 heavy (non-hydrogen) atoms. The van der Waals surface area contributed by atoms with E-state index in [2.05, 4.69) is 10.6 Å². The average Bonchev–Trinajstić information content (AvgIpc) is 2.62. The van der Waals surface area contributed by atoms with Crippen LogP contribution in [0.15, 0.2) is 0 Å². The van der Waals surface area contributed by atoms with Crippen molar-refractivity contribution >= 4 is 6.09 Å². The summed E-state index contributed by atoms with van der Waals surface area (Å²) < 4.78 is 0. The zero-order valence-corrected chi connectivity index (χ0v) is 5.76. The summed E-state index contributed by atoms with van der Waals surface area (Å²) in [6, 6.07) is 0.663. The van der Waals surface area contributed by atoms with Gasteiger partial charge in [0.2, 0.25) is 0 Å². The molecular weight excluding hydrogens is 132 g/mol. The molecule has 0 atom stereocenters. The van der Waals surface area contributed by atoms with Crippen molar-refractivity contribution in [1.29, 1.82) is 0 Å². The lowest BCUT2D eigenvalue weighted by molar-refractivity contribution is 0.194. The molecule has 4 heteroatoms. The summed E-state index contributed by atoms with van der Waals surface area (Å²) in [6.45, 7) is 1.25. The molecule has 0 bridgehead atoms. The smallest absolute Gasteiger partial charge is 0.404 e. The third-order valence-electron chi connectivity index (χ3n) is 1.41.